The molecule has 0 radical (unpaired) electrons. The molecule has 0 aromatic carbocycles. The molecular formula is C11H14N4O2. The number of aromatic nitrogens is 3. The zero-order valence-electron chi connectivity index (χ0n) is 9.41. The molecule has 0 aliphatic heterocycles. The molecular weight excluding hydrogens is 220 g/mol. The Morgan fingerprint density at radius 1 is 1.65 bits per heavy atom. The van der Waals surface area contributed by atoms with Crippen LogP contribution in [0.25, 0.3) is 0 Å². The van der Waals surface area contributed by atoms with Crippen molar-refractivity contribution in [3.05, 3.63) is 11.9 Å². The molecule has 1 heterocycles. The smallest absolute Gasteiger partial charge is 0.303 e. The minimum atomic E-state index is -0.738. The molecule has 2 atom stereocenters. The minimum Gasteiger partial charge on any atom is -0.481 e. The van der Waals surface area contributed by atoms with Crippen molar-refractivity contribution < 1.29 is 9.90 Å². The second kappa shape index (κ2) is 4.95. The summed E-state index contributed by atoms with van der Waals surface area (Å²) in [7, 11) is 0. The van der Waals surface area contributed by atoms with Crippen LogP contribution in [-0.4, -0.2) is 26.1 Å². The highest BCUT2D eigenvalue weighted by Gasteiger charge is 2.27. The Hall–Kier alpha value is -1.90. The van der Waals surface area contributed by atoms with Gasteiger partial charge in [0.05, 0.1) is 12.2 Å². The van der Waals surface area contributed by atoms with Crippen LogP contribution in [0.15, 0.2) is 6.20 Å². The molecule has 2 rings (SSSR count). The first-order chi connectivity index (χ1) is 8.19. The molecule has 6 heteroatoms. The Morgan fingerprint density at radius 3 is 3.12 bits per heavy atom. The Balaban J connectivity index is 1.89. The highest BCUT2D eigenvalue weighted by molar-refractivity contribution is 5.66. The monoisotopic (exact) mass is 234 g/mol. The highest BCUT2D eigenvalue weighted by atomic mass is 16.4. The molecule has 1 N–H and O–H groups in total. The fourth-order valence-corrected chi connectivity index (χ4v) is 2.35. The van der Waals surface area contributed by atoms with Crippen molar-refractivity contribution >= 4 is 5.97 Å². The van der Waals surface area contributed by atoms with Crippen LogP contribution in [0.4, 0.5) is 0 Å². The van der Waals surface area contributed by atoms with E-state index < -0.39 is 5.97 Å². The maximum Gasteiger partial charge on any atom is 0.303 e. The van der Waals surface area contributed by atoms with Gasteiger partial charge in [-0.3, -0.25) is 4.79 Å². The first kappa shape index (κ1) is 11.6. The lowest BCUT2D eigenvalue weighted by molar-refractivity contribution is -0.137. The number of carboxylic acid groups (broad SMARTS) is 1. The third-order valence-electron chi connectivity index (χ3n) is 3.23. The number of hydrogen-bond acceptors (Lipinski definition) is 4. The first-order valence-electron chi connectivity index (χ1n) is 5.72. The molecule has 1 aromatic rings. The van der Waals surface area contributed by atoms with Gasteiger partial charge < -0.3 is 5.11 Å². The minimum absolute atomic E-state index is 0.218. The van der Waals surface area contributed by atoms with E-state index in [-0.39, 0.29) is 12.5 Å². The van der Waals surface area contributed by atoms with Gasteiger partial charge in [-0.15, -0.1) is 5.10 Å². The van der Waals surface area contributed by atoms with Crippen LogP contribution < -0.4 is 0 Å². The number of nitrogens with zero attached hydrogens (tertiary/aromatic N) is 4. The summed E-state index contributed by atoms with van der Waals surface area (Å²) in [6, 6.07) is 2.17. The van der Waals surface area contributed by atoms with E-state index in [1.807, 2.05) is 6.07 Å². The van der Waals surface area contributed by atoms with Crippen molar-refractivity contribution in [2.24, 2.45) is 5.92 Å². The average Bonchev–Trinajstić information content (AvgIpc) is 2.94. The molecule has 90 valence electrons. The van der Waals surface area contributed by atoms with E-state index in [2.05, 4.69) is 10.2 Å². The lowest BCUT2D eigenvalue weighted by atomic mass is 10.0. The van der Waals surface area contributed by atoms with Gasteiger partial charge in [-0.25, -0.2) is 0 Å². The van der Waals surface area contributed by atoms with Gasteiger partial charge in [0.1, 0.15) is 6.07 Å². The van der Waals surface area contributed by atoms with Crippen LogP contribution >= 0.6 is 0 Å². The SMILES string of the molecule is N#Cc1cnn(C2CCC(CCC(=O)O)C2)n1. The van der Waals surface area contributed by atoms with Gasteiger partial charge in [0.2, 0.25) is 0 Å². The largest absolute Gasteiger partial charge is 0.481 e. The second-order valence-electron chi connectivity index (χ2n) is 4.43. The van der Waals surface area contributed by atoms with Crippen molar-refractivity contribution in [2.75, 3.05) is 0 Å². The summed E-state index contributed by atoms with van der Waals surface area (Å²) >= 11 is 0. The summed E-state index contributed by atoms with van der Waals surface area (Å²) in [5, 5.41) is 25.4. The lowest BCUT2D eigenvalue weighted by Crippen LogP contribution is -2.09. The van der Waals surface area contributed by atoms with E-state index in [1.54, 1.807) is 4.80 Å². The van der Waals surface area contributed by atoms with Crippen LogP contribution in [0.2, 0.25) is 0 Å². The topological polar surface area (TPSA) is 91.8 Å². The van der Waals surface area contributed by atoms with Gasteiger partial charge in [0.25, 0.3) is 0 Å². The molecule has 1 aliphatic rings. The molecule has 0 amide bonds. The quantitative estimate of drug-likeness (QED) is 0.849. The fourth-order valence-electron chi connectivity index (χ4n) is 2.35. The maximum absolute atomic E-state index is 10.5. The molecule has 2 unspecified atom stereocenters. The number of aliphatic carboxylic acids is 1. The van der Waals surface area contributed by atoms with Gasteiger partial charge in [-0.2, -0.15) is 15.2 Å². The summed E-state index contributed by atoms with van der Waals surface area (Å²) in [6.07, 6.45) is 5.30. The standard InChI is InChI=1S/C11H14N4O2/c12-6-9-7-13-15(14-9)10-3-1-8(5-10)2-4-11(16)17/h7-8,10H,1-5H2,(H,16,17). The Bertz CT molecular complexity index is 449. The van der Waals surface area contributed by atoms with Crippen molar-refractivity contribution in [3.63, 3.8) is 0 Å². The summed E-state index contributed by atoms with van der Waals surface area (Å²) in [6.45, 7) is 0. The number of nitriles is 1. The van der Waals surface area contributed by atoms with Crippen LogP contribution in [0.5, 0.6) is 0 Å². The van der Waals surface area contributed by atoms with E-state index in [1.165, 1.54) is 6.20 Å². The number of carbonyl (C=O) groups is 1. The Morgan fingerprint density at radius 2 is 2.47 bits per heavy atom. The van der Waals surface area contributed by atoms with Gasteiger partial charge in [-0.1, -0.05) is 0 Å². The van der Waals surface area contributed by atoms with Crippen molar-refractivity contribution in [3.8, 4) is 6.07 Å². The van der Waals surface area contributed by atoms with Crippen molar-refractivity contribution in [2.45, 2.75) is 38.1 Å². The van der Waals surface area contributed by atoms with Crippen molar-refractivity contribution in [1.29, 1.82) is 5.26 Å². The van der Waals surface area contributed by atoms with Gasteiger partial charge in [0.15, 0.2) is 5.69 Å². The molecule has 0 spiro atoms. The predicted molar refractivity (Wildman–Crippen MR) is 58.0 cm³/mol. The van der Waals surface area contributed by atoms with Gasteiger partial charge in [0, 0.05) is 6.42 Å². The molecule has 0 bridgehead atoms. The van der Waals surface area contributed by atoms with E-state index in [0.717, 1.165) is 25.7 Å². The molecule has 1 aromatic heterocycles. The number of rotatable bonds is 4. The van der Waals surface area contributed by atoms with Crippen LogP contribution in [0.1, 0.15) is 43.8 Å². The average molecular weight is 234 g/mol. The zero-order chi connectivity index (χ0) is 12.3. The lowest BCUT2D eigenvalue weighted by Gasteiger charge is -2.09. The van der Waals surface area contributed by atoms with E-state index in [4.69, 9.17) is 10.4 Å². The van der Waals surface area contributed by atoms with Crippen LogP contribution in [0, 0.1) is 17.2 Å². The molecule has 1 saturated carbocycles. The fraction of sp³-hybridized carbons (Fsp3) is 0.636. The Labute approximate surface area is 98.9 Å². The maximum atomic E-state index is 10.5. The zero-order valence-corrected chi connectivity index (χ0v) is 9.41. The first-order valence-corrected chi connectivity index (χ1v) is 5.72. The third kappa shape index (κ3) is 2.81. The van der Waals surface area contributed by atoms with E-state index in [0.29, 0.717) is 11.6 Å². The number of carboxylic acids is 1. The molecule has 17 heavy (non-hydrogen) atoms. The molecule has 1 fully saturated rings. The van der Waals surface area contributed by atoms with Crippen molar-refractivity contribution in [1.82, 2.24) is 15.0 Å². The molecule has 0 saturated heterocycles. The van der Waals surface area contributed by atoms with Crippen LogP contribution in [-0.2, 0) is 4.79 Å². The number of hydrogen-bond donors (Lipinski definition) is 1. The molecule has 1 aliphatic carbocycles. The molecule has 6 nitrogen and oxygen atoms in total. The normalized spacial score (nSPS) is 23.5. The van der Waals surface area contributed by atoms with Crippen LogP contribution in [0.3, 0.4) is 0 Å². The van der Waals surface area contributed by atoms with E-state index >= 15 is 0 Å². The highest BCUT2D eigenvalue weighted by Crippen LogP contribution is 2.36. The Kier molecular flexibility index (Phi) is 3.38. The summed E-state index contributed by atoms with van der Waals surface area (Å²) in [4.78, 5) is 12.1. The summed E-state index contributed by atoms with van der Waals surface area (Å²) < 4.78 is 0. The summed E-state index contributed by atoms with van der Waals surface area (Å²) in [5.74, 6) is -0.301. The summed E-state index contributed by atoms with van der Waals surface area (Å²) in [5.41, 5.74) is 0.332. The second-order valence-corrected chi connectivity index (χ2v) is 4.43. The van der Waals surface area contributed by atoms with Gasteiger partial charge in [-0.05, 0) is 31.6 Å². The predicted octanol–water partition coefficient (Wildman–Crippen LogP) is 1.36. The van der Waals surface area contributed by atoms with E-state index in [9.17, 15) is 4.79 Å². The van der Waals surface area contributed by atoms with Gasteiger partial charge >= 0.3 is 5.97 Å². The third-order valence-corrected chi connectivity index (χ3v) is 3.23.